The van der Waals surface area contributed by atoms with Crippen molar-refractivity contribution in [2.75, 3.05) is 0 Å². The number of ether oxygens (including phenoxy) is 2. The molecule has 1 aliphatic heterocycles. The van der Waals surface area contributed by atoms with Crippen molar-refractivity contribution >= 4 is 29.4 Å². The van der Waals surface area contributed by atoms with E-state index in [4.69, 9.17) is 25.9 Å². The van der Waals surface area contributed by atoms with E-state index in [1.807, 2.05) is 36.4 Å². The number of imide groups is 1. The zero-order valence-corrected chi connectivity index (χ0v) is 18.6. The summed E-state index contributed by atoms with van der Waals surface area (Å²) in [5, 5.41) is 0.0884. The quantitative estimate of drug-likeness (QED) is 0.426. The van der Waals surface area contributed by atoms with E-state index in [1.54, 1.807) is 24.3 Å². The summed E-state index contributed by atoms with van der Waals surface area (Å²) in [5.41, 5.74) is 1.14. The smallest absolute Gasteiger partial charge is 0.365 e. The van der Waals surface area contributed by atoms with Crippen LogP contribution < -0.4 is 9.47 Å². The minimum absolute atomic E-state index is 0.0172. The molecule has 0 N–H and O–H groups in total. The summed E-state index contributed by atoms with van der Waals surface area (Å²) in [7, 11) is 0. The number of carbonyl (C=O) groups is 3. The van der Waals surface area contributed by atoms with Crippen molar-refractivity contribution in [3.63, 3.8) is 0 Å². The predicted octanol–water partition coefficient (Wildman–Crippen LogP) is 4.86. The van der Waals surface area contributed by atoms with E-state index in [9.17, 15) is 14.4 Å². The van der Waals surface area contributed by atoms with Crippen molar-refractivity contribution in [2.45, 2.75) is 26.1 Å². The van der Waals surface area contributed by atoms with Gasteiger partial charge in [-0.15, -0.1) is 5.06 Å². The van der Waals surface area contributed by atoms with Gasteiger partial charge in [-0.25, -0.2) is 9.18 Å². The number of hydrogen-bond acceptors (Lipinski definition) is 6. The summed E-state index contributed by atoms with van der Waals surface area (Å²) in [5.74, 6) is -3.92. The fraction of sp³-hybridized carbons (Fsp3) is 0.160. The molecule has 0 saturated carbocycles. The molecule has 9 heteroatoms. The molecule has 3 aromatic rings. The standard InChI is InChI=1S/C25H19ClFNO6/c26-22-18(25(31)34-28-20(29)11-12-21(28)30)13-19(27)23(32-14-16-7-3-1-4-8-16)24(22)33-15-17-9-5-2-6-10-17/h1-10,13H,11-12,14-15H2. The van der Waals surface area contributed by atoms with Crippen LogP contribution in [0.1, 0.15) is 34.3 Å². The summed E-state index contributed by atoms with van der Waals surface area (Å²) in [6, 6.07) is 19.0. The first-order valence-electron chi connectivity index (χ1n) is 10.4. The Morgan fingerprint density at radius 3 is 1.88 bits per heavy atom. The van der Waals surface area contributed by atoms with Crippen molar-refractivity contribution in [1.29, 1.82) is 0 Å². The van der Waals surface area contributed by atoms with Crippen LogP contribution in [0.25, 0.3) is 0 Å². The third-order valence-corrected chi connectivity index (χ3v) is 5.36. The lowest BCUT2D eigenvalue weighted by molar-refractivity contribution is -0.172. The highest BCUT2D eigenvalue weighted by Gasteiger charge is 2.34. The van der Waals surface area contributed by atoms with Crippen LogP contribution in [0.15, 0.2) is 66.7 Å². The number of rotatable bonds is 8. The first-order chi connectivity index (χ1) is 16.4. The first-order valence-corrected chi connectivity index (χ1v) is 10.8. The molecule has 0 radical (unpaired) electrons. The number of hydroxylamine groups is 2. The molecule has 3 aromatic carbocycles. The Morgan fingerprint density at radius 2 is 1.35 bits per heavy atom. The van der Waals surface area contributed by atoms with E-state index in [1.165, 1.54) is 0 Å². The van der Waals surface area contributed by atoms with Crippen molar-refractivity contribution in [3.8, 4) is 11.5 Å². The molecular formula is C25H19ClFNO6. The Morgan fingerprint density at radius 1 is 0.853 bits per heavy atom. The highest BCUT2D eigenvalue weighted by Crippen LogP contribution is 2.41. The van der Waals surface area contributed by atoms with E-state index in [0.717, 1.165) is 17.2 Å². The van der Waals surface area contributed by atoms with Gasteiger partial charge in [0, 0.05) is 12.8 Å². The molecule has 0 bridgehead atoms. The molecule has 0 aromatic heterocycles. The van der Waals surface area contributed by atoms with Crippen molar-refractivity contribution in [3.05, 3.63) is 94.3 Å². The maximum absolute atomic E-state index is 15.1. The summed E-state index contributed by atoms with van der Waals surface area (Å²) < 4.78 is 26.6. The average molecular weight is 484 g/mol. The van der Waals surface area contributed by atoms with Crippen LogP contribution in [-0.2, 0) is 27.6 Å². The van der Waals surface area contributed by atoms with Gasteiger partial charge in [0.1, 0.15) is 18.2 Å². The van der Waals surface area contributed by atoms with Gasteiger partial charge in [-0.3, -0.25) is 9.59 Å². The third-order valence-electron chi connectivity index (χ3n) is 4.98. The van der Waals surface area contributed by atoms with Gasteiger partial charge in [-0.05, 0) is 17.2 Å². The van der Waals surface area contributed by atoms with Crippen molar-refractivity contribution in [2.24, 2.45) is 0 Å². The SMILES string of the molecule is O=C(ON1C(=O)CCC1=O)c1cc(F)c(OCc2ccccc2)c(OCc2ccccc2)c1Cl. The molecule has 2 amide bonds. The number of amides is 2. The molecule has 1 heterocycles. The summed E-state index contributed by atoms with van der Waals surface area (Å²) >= 11 is 6.43. The van der Waals surface area contributed by atoms with E-state index < -0.39 is 29.2 Å². The lowest BCUT2D eigenvalue weighted by Crippen LogP contribution is -2.32. The second-order valence-corrected chi connectivity index (χ2v) is 7.77. The molecule has 1 saturated heterocycles. The predicted molar refractivity (Wildman–Crippen MR) is 119 cm³/mol. The highest BCUT2D eigenvalue weighted by atomic mass is 35.5. The topological polar surface area (TPSA) is 82.1 Å². The number of carbonyl (C=O) groups excluding carboxylic acids is 3. The van der Waals surface area contributed by atoms with Crippen LogP contribution >= 0.6 is 11.6 Å². The average Bonchev–Trinajstić information content (AvgIpc) is 3.16. The van der Waals surface area contributed by atoms with Crippen LogP contribution in [0, 0.1) is 5.82 Å². The van der Waals surface area contributed by atoms with Gasteiger partial charge in [0.05, 0.1) is 5.56 Å². The Bertz CT molecular complexity index is 1200. The zero-order chi connectivity index (χ0) is 24.1. The summed E-state index contributed by atoms with van der Waals surface area (Å²) in [6.45, 7) is 0.0413. The normalized spacial score (nSPS) is 13.2. The molecule has 0 atom stereocenters. The fourth-order valence-corrected chi connectivity index (χ4v) is 3.52. The zero-order valence-electron chi connectivity index (χ0n) is 17.8. The number of nitrogens with zero attached hydrogens (tertiary/aromatic N) is 1. The largest absolute Gasteiger partial charge is 0.483 e. The Labute approximate surface area is 199 Å². The number of benzene rings is 3. The van der Waals surface area contributed by atoms with Crippen LogP contribution in [0.5, 0.6) is 11.5 Å². The lowest BCUT2D eigenvalue weighted by Gasteiger charge is -2.18. The molecule has 0 aliphatic carbocycles. The van der Waals surface area contributed by atoms with E-state index in [2.05, 4.69) is 0 Å². The van der Waals surface area contributed by atoms with Gasteiger partial charge < -0.3 is 14.3 Å². The monoisotopic (exact) mass is 483 g/mol. The molecule has 1 fully saturated rings. The van der Waals surface area contributed by atoms with E-state index >= 15 is 4.39 Å². The number of halogens is 2. The molecular weight excluding hydrogens is 465 g/mol. The van der Waals surface area contributed by atoms with Gasteiger partial charge in [-0.2, -0.15) is 0 Å². The minimum atomic E-state index is -1.17. The van der Waals surface area contributed by atoms with Crippen LogP contribution in [0.4, 0.5) is 4.39 Å². The van der Waals surface area contributed by atoms with Crippen molar-refractivity contribution < 1.29 is 33.1 Å². The van der Waals surface area contributed by atoms with Crippen molar-refractivity contribution in [1.82, 2.24) is 5.06 Å². The van der Waals surface area contributed by atoms with Crippen LogP contribution in [-0.4, -0.2) is 22.8 Å². The fourth-order valence-electron chi connectivity index (χ4n) is 3.25. The van der Waals surface area contributed by atoms with Gasteiger partial charge in [0.2, 0.25) is 0 Å². The van der Waals surface area contributed by atoms with Gasteiger partial charge in [-0.1, -0.05) is 72.3 Å². The second-order valence-electron chi connectivity index (χ2n) is 7.39. The van der Waals surface area contributed by atoms with Crippen LogP contribution in [0.2, 0.25) is 5.02 Å². The van der Waals surface area contributed by atoms with E-state index in [0.29, 0.717) is 5.06 Å². The third kappa shape index (κ3) is 5.18. The Balaban J connectivity index is 1.64. The van der Waals surface area contributed by atoms with Gasteiger partial charge >= 0.3 is 5.97 Å². The number of hydrogen-bond donors (Lipinski definition) is 0. The molecule has 174 valence electrons. The maximum atomic E-state index is 15.1. The maximum Gasteiger partial charge on any atom is 0.365 e. The van der Waals surface area contributed by atoms with E-state index in [-0.39, 0.29) is 42.6 Å². The lowest BCUT2D eigenvalue weighted by atomic mass is 10.1. The highest BCUT2D eigenvalue weighted by molar-refractivity contribution is 6.35. The van der Waals surface area contributed by atoms with Crippen LogP contribution in [0.3, 0.4) is 0 Å². The summed E-state index contributed by atoms with van der Waals surface area (Å²) in [4.78, 5) is 41.1. The second kappa shape index (κ2) is 10.4. The molecule has 7 nitrogen and oxygen atoms in total. The first kappa shape index (κ1) is 23.3. The molecule has 1 aliphatic rings. The minimum Gasteiger partial charge on any atom is -0.483 e. The molecule has 4 rings (SSSR count). The molecule has 0 spiro atoms. The van der Waals surface area contributed by atoms with Gasteiger partial charge in [0.25, 0.3) is 11.8 Å². The Hall–Kier alpha value is -3.91. The van der Waals surface area contributed by atoms with Gasteiger partial charge in [0.15, 0.2) is 17.3 Å². The summed E-state index contributed by atoms with van der Waals surface area (Å²) in [6.07, 6.45) is -0.155. The Kier molecular flexibility index (Phi) is 7.08. The molecule has 0 unspecified atom stereocenters. The molecule has 34 heavy (non-hydrogen) atoms.